The predicted octanol–water partition coefficient (Wildman–Crippen LogP) is 1.63. The van der Waals surface area contributed by atoms with E-state index in [1.54, 1.807) is 0 Å². The SMILES string of the molecule is CCc1cc(CN)cc(N2CCN(C)C(CC)C2)n1. The molecular formula is C15H26N4. The molecule has 1 aliphatic heterocycles. The van der Waals surface area contributed by atoms with Crippen LogP contribution in [0, 0.1) is 0 Å². The maximum absolute atomic E-state index is 5.79. The van der Waals surface area contributed by atoms with Crippen LogP contribution >= 0.6 is 0 Å². The van der Waals surface area contributed by atoms with Gasteiger partial charge >= 0.3 is 0 Å². The highest BCUT2D eigenvalue weighted by Crippen LogP contribution is 2.20. The first-order chi connectivity index (χ1) is 9.17. The fourth-order valence-electron chi connectivity index (χ4n) is 2.69. The van der Waals surface area contributed by atoms with Gasteiger partial charge in [-0.3, -0.25) is 4.90 Å². The molecule has 2 N–H and O–H groups in total. The van der Waals surface area contributed by atoms with Crippen LogP contribution in [0.3, 0.4) is 0 Å². The Labute approximate surface area is 116 Å². The third-order valence-corrected chi connectivity index (χ3v) is 4.09. The van der Waals surface area contributed by atoms with E-state index in [1.165, 1.54) is 12.0 Å². The van der Waals surface area contributed by atoms with E-state index in [0.29, 0.717) is 12.6 Å². The van der Waals surface area contributed by atoms with Gasteiger partial charge in [-0.25, -0.2) is 4.98 Å². The number of pyridine rings is 1. The number of nitrogens with two attached hydrogens (primary N) is 1. The van der Waals surface area contributed by atoms with Crippen molar-refractivity contribution in [1.29, 1.82) is 0 Å². The largest absolute Gasteiger partial charge is 0.354 e. The van der Waals surface area contributed by atoms with Gasteiger partial charge in [-0.1, -0.05) is 13.8 Å². The molecule has 1 fully saturated rings. The first-order valence-corrected chi connectivity index (χ1v) is 7.33. The van der Waals surface area contributed by atoms with Gasteiger partial charge in [0.05, 0.1) is 0 Å². The lowest BCUT2D eigenvalue weighted by Crippen LogP contribution is -2.51. The van der Waals surface area contributed by atoms with Crippen molar-refractivity contribution >= 4 is 5.82 Å². The molecule has 0 amide bonds. The molecule has 4 nitrogen and oxygen atoms in total. The molecule has 0 spiro atoms. The van der Waals surface area contributed by atoms with E-state index < -0.39 is 0 Å². The van der Waals surface area contributed by atoms with Crippen molar-refractivity contribution in [3.8, 4) is 0 Å². The van der Waals surface area contributed by atoms with Crippen LogP contribution in [0.1, 0.15) is 31.5 Å². The lowest BCUT2D eigenvalue weighted by molar-refractivity contribution is 0.213. The molecule has 1 saturated heterocycles. The minimum Gasteiger partial charge on any atom is -0.354 e. The minimum atomic E-state index is 0.591. The molecule has 1 aromatic rings. The van der Waals surface area contributed by atoms with Crippen LogP contribution in [0.2, 0.25) is 0 Å². The monoisotopic (exact) mass is 262 g/mol. The first kappa shape index (κ1) is 14.3. The molecule has 1 aliphatic rings. The molecule has 4 heteroatoms. The zero-order valence-electron chi connectivity index (χ0n) is 12.4. The number of hydrogen-bond acceptors (Lipinski definition) is 4. The summed E-state index contributed by atoms with van der Waals surface area (Å²) in [5.41, 5.74) is 8.13. The molecule has 19 heavy (non-hydrogen) atoms. The maximum Gasteiger partial charge on any atom is 0.129 e. The predicted molar refractivity (Wildman–Crippen MR) is 80.4 cm³/mol. The Morgan fingerprint density at radius 2 is 2.11 bits per heavy atom. The molecule has 0 bridgehead atoms. The van der Waals surface area contributed by atoms with Gasteiger partial charge in [0.2, 0.25) is 0 Å². The van der Waals surface area contributed by atoms with Crippen LogP contribution in [-0.4, -0.2) is 42.6 Å². The van der Waals surface area contributed by atoms with Gasteiger partial charge in [-0.05, 0) is 37.6 Å². The minimum absolute atomic E-state index is 0.591. The normalized spacial score (nSPS) is 20.8. The Bertz CT molecular complexity index is 396. The van der Waals surface area contributed by atoms with E-state index in [2.05, 4.69) is 42.8 Å². The van der Waals surface area contributed by atoms with Gasteiger partial charge < -0.3 is 10.6 Å². The third kappa shape index (κ3) is 3.25. The van der Waals surface area contributed by atoms with Gasteiger partial charge in [0.15, 0.2) is 0 Å². The standard InChI is InChI=1S/C15H26N4/c1-4-13-8-12(10-16)9-15(17-13)19-7-6-18(3)14(5-2)11-19/h8-9,14H,4-7,10-11,16H2,1-3H3. The summed E-state index contributed by atoms with van der Waals surface area (Å²) in [7, 11) is 2.21. The molecule has 1 unspecified atom stereocenters. The molecule has 1 aromatic heterocycles. The maximum atomic E-state index is 5.79. The van der Waals surface area contributed by atoms with Crippen molar-refractivity contribution in [2.24, 2.45) is 5.73 Å². The summed E-state index contributed by atoms with van der Waals surface area (Å²) < 4.78 is 0. The van der Waals surface area contributed by atoms with Crippen molar-refractivity contribution in [1.82, 2.24) is 9.88 Å². The number of piperazine rings is 1. The van der Waals surface area contributed by atoms with Crippen molar-refractivity contribution < 1.29 is 0 Å². The zero-order valence-corrected chi connectivity index (χ0v) is 12.4. The number of aromatic nitrogens is 1. The number of aryl methyl sites for hydroxylation is 1. The molecular weight excluding hydrogens is 236 g/mol. The molecule has 0 radical (unpaired) electrons. The Kier molecular flexibility index (Phi) is 4.77. The first-order valence-electron chi connectivity index (χ1n) is 7.33. The highest BCUT2D eigenvalue weighted by Gasteiger charge is 2.23. The second kappa shape index (κ2) is 6.35. The lowest BCUT2D eigenvalue weighted by Gasteiger charge is -2.40. The van der Waals surface area contributed by atoms with Crippen LogP contribution < -0.4 is 10.6 Å². The highest BCUT2D eigenvalue weighted by molar-refractivity contribution is 5.43. The molecule has 106 valence electrons. The van der Waals surface area contributed by atoms with Crippen molar-refractivity contribution in [3.05, 3.63) is 23.4 Å². The summed E-state index contributed by atoms with van der Waals surface area (Å²) in [6.07, 6.45) is 2.15. The Balaban J connectivity index is 2.21. The van der Waals surface area contributed by atoms with Gasteiger partial charge in [-0.2, -0.15) is 0 Å². The van der Waals surface area contributed by atoms with Crippen molar-refractivity contribution in [2.45, 2.75) is 39.3 Å². The quantitative estimate of drug-likeness (QED) is 0.896. The zero-order chi connectivity index (χ0) is 13.8. The number of rotatable bonds is 4. The molecule has 2 heterocycles. The van der Waals surface area contributed by atoms with E-state index in [0.717, 1.165) is 37.6 Å². The third-order valence-electron chi connectivity index (χ3n) is 4.09. The summed E-state index contributed by atoms with van der Waals surface area (Å²) in [5.74, 6) is 1.10. The number of anilines is 1. The number of hydrogen-bond donors (Lipinski definition) is 1. The average molecular weight is 262 g/mol. The summed E-state index contributed by atoms with van der Waals surface area (Å²) >= 11 is 0. The van der Waals surface area contributed by atoms with Crippen LogP contribution in [-0.2, 0) is 13.0 Å². The van der Waals surface area contributed by atoms with E-state index >= 15 is 0 Å². The second-order valence-electron chi connectivity index (χ2n) is 5.37. The molecule has 0 aromatic carbocycles. The van der Waals surface area contributed by atoms with E-state index in [1.807, 2.05) is 0 Å². The number of nitrogens with zero attached hydrogens (tertiary/aromatic N) is 3. The van der Waals surface area contributed by atoms with Crippen LogP contribution in [0.5, 0.6) is 0 Å². The fraction of sp³-hybridized carbons (Fsp3) is 0.667. The Morgan fingerprint density at radius 1 is 1.32 bits per heavy atom. The van der Waals surface area contributed by atoms with Crippen LogP contribution in [0.4, 0.5) is 5.82 Å². The molecule has 1 atom stereocenters. The van der Waals surface area contributed by atoms with Crippen molar-refractivity contribution in [2.75, 3.05) is 31.6 Å². The van der Waals surface area contributed by atoms with Crippen LogP contribution in [0.25, 0.3) is 0 Å². The lowest BCUT2D eigenvalue weighted by atomic mass is 10.1. The molecule has 2 rings (SSSR count). The molecule has 0 aliphatic carbocycles. The van der Waals surface area contributed by atoms with E-state index in [4.69, 9.17) is 10.7 Å². The Hall–Kier alpha value is -1.13. The van der Waals surface area contributed by atoms with Gasteiger partial charge in [0.1, 0.15) is 5.82 Å². The summed E-state index contributed by atoms with van der Waals surface area (Å²) in [5, 5.41) is 0. The Morgan fingerprint density at radius 3 is 2.74 bits per heavy atom. The number of likely N-dealkylation sites (N-methyl/N-ethyl adjacent to an activating group) is 1. The van der Waals surface area contributed by atoms with E-state index in [-0.39, 0.29) is 0 Å². The summed E-state index contributed by atoms with van der Waals surface area (Å²) in [6, 6.07) is 4.90. The fourth-order valence-corrected chi connectivity index (χ4v) is 2.69. The van der Waals surface area contributed by atoms with Crippen molar-refractivity contribution in [3.63, 3.8) is 0 Å². The van der Waals surface area contributed by atoms with Gasteiger partial charge in [-0.15, -0.1) is 0 Å². The van der Waals surface area contributed by atoms with E-state index in [9.17, 15) is 0 Å². The van der Waals surface area contributed by atoms with Crippen LogP contribution in [0.15, 0.2) is 12.1 Å². The molecule has 0 saturated carbocycles. The topological polar surface area (TPSA) is 45.4 Å². The summed E-state index contributed by atoms with van der Waals surface area (Å²) in [4.78, 5) is 9.63. The van der Waals surface area contributed by atoms with Gasteiger partial charge in [0, 0.05) is 37.9 Å². The summed E-state index contributed by atoms with van der Waals surface area (Å²) in [6.45, 7) is 8.22. The van der Waals surface area contributed by atoms with Gasteiger partial charge in [0.25, 0.3) is 0 Å². The highest BCUT2D eigenvalue weighted by atomic mass is 15.3. The average Bonchev–Trinajstić information content (AvgIpc) is 2.47. The smallest absolute Gasteiger partial charge is 0.129 e. The second-order valence-corrected chi connectivity index (χ2v) is 5.37.